The van der Waals surface area contributed by atoms with E-state index in [1.54, 1.807) is 29.2 Å². The molecule has 1 aliphatic rings. The topological polar surface area (TPSA) is 64.4 Å². The molecule has 1 saturated heterocycles. The van der Waals surface area contributed by atoms with E-state index in [-0.39, 0.29) is 18.0 Å². The summed E-state index contributed by atoms with van der Waals surface area (Å²) in [5.41, 5.74) is 0.898. The van der Waals surface area contributed by atoms with Crippen LogP contribution in [0.5, 0.6) is 0 Å². The van der Waals surface area contributed by atoms with E-state index in [0.717, 1.165) is 0 Å². The Morgan fingerprint density at radius 1 is 1.30 bits per heavy atom. The fraction of sp³-hybridized carbons (Fsp3) is 0.400. The van der Waals surface area contributed by atoms with Crippen molar-refractivity contribution in [2.24, 2.45) is 0 Å². The Labute approximate surface area is 118 Å². The first kappa shape index (κ1) is 14.1. The molecule has 0 spiro atoms. The van der Waals surface area contributed by atoms with Gasteiger partial charge < -0.3 is 4.90 Å². The van der Waals surface area contributed by atoms with Gasteiger partial charge in [-0.3, -0.25) is 4.79 Å². The number of hydrogen-bond acceptors (Lipinski definition) is 3. The molecule has 1 aromatic carbocycles. The van der Waals surface area contributed by atoms with Crippen LogP contribution in [0.1, 0.15) is 32.3 Å². The molecule has 0 aliphatic carbocycles. The quantitative estimate of drug-likeness (QED) is 0.830. The fourth-order valence-corrected chi connectivity index (χ4v) is 2.29. The van der Waals surface area contributed by atoms with Crippen molar-refractivity contribution in [2.45, 2.75) is 32.7 Å². The van der Waals surface area contributed by atoms with Crippen molar-refractivity contribution in [3.63, 3.8) is 0 Å². The highest BCUT2D eigenvalue weighted by molar-refractivity contribution is 6.14. The summed E-state index contributed by atoms with van der Waals surface area (Å²) in [6.45, 7) is 4.44. The number of hydrogen-bond donors (Lipinski definition) is 0. The second kappa shape index (κ2) is 5.74. The van der Waals surface area contributed by atoms with Crippen LogP contribution >= 0.6 is 0 Å². The smallest absolute Gasteiger partial charge is 0.322 e. The fourth-order valence-electron chi connectivity index (χ4n) is 2.29. The summed E-state index contributed by atoms with van der Waals surface area (Å²) in [5.74, 6) is -0.215. The van der Waals surface area contributed by atoms with Crippen molar-refractivity contribution in [1.82, 2.24) is 4.90 Å². The molecule has 104 valence electrons. The number of anilines is 1. The highest BCUT2D eigenvalue weighted by Gasteiger charge is 2.32. The largest absolute Gasteiger partial charge is 0.331 e. The van der Waals surface area contributed by atoms with Crippen LogP contribution in [0.4, 0.5) is 10.5 Å². The Balaban J connectivity index is 2.42. The molecule has 0 bridgehead atoms. The Morgan fingerprint density at radius 2 is 2.05 bits per heavy atom. The van der Waals surface area contributed by atoms with Crippen LogP contribution in [0.15, 0.2) is 24.3 Å². The molecule has 20 heavy (non-hydrogen) atoms. The molecule has 0 aromatic heterocycles. The predicted octanol–water partition coefficient (Wildman–Crippen LogP) is 2.52. The lowest BCUT2D eigenvalue weighted by Crippen LogP contribution is -2.47. The second-order valence-corrected chi connectivity index (χ2v) is 5.06. The van der Waals surface area contributed by atoms with Gasteiger partial charge in [0, 0.05) is 19.0 Å². The third kappa shape index (κ3) is 2.64. The van der Waals surface area contributed by atoms with Crippen LogP contribution in [0.25, 0.3) is 0 Å². The summed E-state index contributed by atoms with van der Waals surface area (Å²) in [6.07, 6.45) is 1.00. The Morgan fingerprint density at radius 3 is 2.70 bits per heavy atom. The van der Waals surface area contributed by atoms with E-state index in [2.05, 4.69) is 0 Å². The maximum Gasteiger partial charge on any atom is 0.331 e. The van der Waals surface area contributed by atoms with Crippen LogP contribution in [0, 0.1) is 11.3 Å². The van der Waals surface area contributed by atoms with E-state index in [1.807, 2.05) is 19.9 Å². The molecule has 5 heteroatoms. The molecule has 2 rings (SSSR count). The number of carbonyl (C=O) groups is 2. The van der Waals surface area contributed by atoms with Crippen molar-refractivity contribution < 1.29 is 9.59 Å². The zero-order chi connectivity index (χ0) is 14.7. The molecule has 0 atom stereocenters. The molecule has 0 N–H and O–H groups in total. The van der Waals surface area contributed by atoms with Crippen molar-refractivity contribution in [2.75, 3.05) is 11.4 Å². The Bertz CT molecular complexity index is 575. The maximum absolute atomic E-state index is 12.5. The van der Waals surface area contributed by atoms with Gasteiger partial charge in [-0.1, -0.05) is 6.07 Å². The lowest BCUT2D eigenvalue weighted by molar-refractivity contribution is -0.117. The summed E-state index contributed by atoms with van der Waals surface area (Å²) in [7, 11) is 0. The number of carbonyl (C=O) groups excluding carboxylic acids is 2. The molecule has 0 radical (unpaired) electrons. The molecule has 1 heterocycles. The zero-order valence-corrected chi connectivity index (χ0v) is 11.7. The van der Waals surface area contributed by atoms with E-state index in [9.17, 15) is 9.59 Å². The lowest BCUT2D eigenvalue weighted by atomic mass is 10.2. The van der Waals surface area contributed by atoms with Crippen molar-refractivity contribution in [3.05, 3.63) is 29.8 Å². The predicted molar refractivity (Wildman–Crippen MR) is 75.1 cm³/mol. The number of imide groups is 1. The van der Waals surface area contributed by atoms with Gasteiger partial charge in [-0.2, -0.15) is 5.26 Å². The van der Waals surface area contributed by atoms with E-state index < -0.39 is 0 Å². The van der Waals surface area contributed by atoms with Gasteiger partial charge in [-0.15, -0.1) is 0 Å². The van der Waals surface area contributed by atoms with Crippen molar-refractivity contribution in [3.8, 4) is 6.07 Å². The van der Waals surface area contributed by atoms with Crippen LogP contribution in [-0.4, -0.2) is 29.4 Å². The third-order valence-corrected chi connectivity index (χ3v) is 3.33. The summed E-state index contributed by atoms with van der Waals surface area (Å²) >= 11 is 0. The number of amides is 3. The number of urea groups is 1. The van der Waals surface area contributed by atoms with Crippen LogP contribution in [-0.2, 0) is 4.79 Å². The van der Waals surface area contributed by atoms with E-state index in [4.69, 9.17) is 5.26 Å². The Hall–Kier alpha value is -2.35. The standard InChI is InChI=1S/C15H17N3O2/c1-11(2)17-8-4-7-14(19)18(15(17)20)13-6-3-5-12(9-13)10-16/h3,5-6,9,11H,4,7-8H2,1-2H3. The van der Waals surface area contributed by atoms with Gasteiger partial charge >= 0.3 is 6.03 Å². The van der Waals surface area contributed by atoms with Crippen LogP contribution in [0.3, 0.4) is 0 Å². The molecular weight excluding hydrogens is 254 g/mol. The van der Waals surface area contributed by atoms with Gasteiger partial charge in [0.25, 0.3) is 0 Å². The average Bonchev–Trinajstić information content (AvgIpc) is 2.57. The second-order valence-electron chi connectivity index (χ2n) is 5.06. The maximum atomic E-state index is 12.5. The molecule has 5 nitrogen and oxygen atoms in total. The Kier molecular flexibility index (Phi) is 4.04. The summed E-state index contributed by atoms with van der Waals surface area (Å²) in [6, 6.07) is 8.33. The first-order valence-electron chi connectivity index (χ1n) is 6.68. The molecule has 1 fully saturated rings. The molecular formula is C15H17N3O2. The molecule has 0 unspecified atom stereocenters. The van der Waals surface area contributed by atoms with Crippen LogP contribution < -0.4 is 4.90 Å². The van der Waals surface area contributed by atoms with E-state index in [0.29, 0.717) is 30.6 Å². The highest BCUT2D eigenvalue weighted by Crippen LogP contribution is 2.22. The normalized spacial score (nSPS) is 16.3. The monoisotopic (exact) mass is 271 g/mol. The average molecular weight is 271 g/mol. The van der Waals surface area contributed by atoms with Gasteiger partial charge in [-0.05, 0) is 38.5 Å². The molecule has 3 amide bonds. The molecule has 1 aromatic rings. The van der Waals surface area contributed by atoms with E-state index >= 15 is 0 Å². The summed E-state index contributed by atoms with van der Waals surface area (Å²) in [5, 5.41) is 8.94. The summed E-state index contributed by atoms with van der Waals surface area (Å²) < 4.78 is 0. The highest BCUT2D eigenvalue weighted by atomic mass is 16.2. The molecule has 0 saturated carbocycles. The van der Waals surface area contributed by atoms with Gasteiger partial charge in [-0.25, -0.2) is 9.69 Å². The van der Waals surface area contributed by atoms with Crippen LogP contribution in [0.2, 0.25) is 0 Å². The van der Waals surface area contributed by atoms with Crippen molar-refractivity contribution in [1.29, 1.82) is 5.26 Å². The minimum atomic E-state index is -0.308. The van der Waals surface area contributed by atoms with Crippen molar-refractivity contribution >= 4 is 17.6 Å². The van der Waals surface area contributed by atoms with Gasteiger partial charge in [0.2, 0.25) is 5.91 Å². The van der Waals surface area contributed by atoms with E-state index in [1.165, 1.54) is 4.90 Å². The number of nitriles is 1. The number of benzene rings is 1. The van der Waals surface area contributed by atoms with Gasteiger partial charge in [0.1, 0.15) is 0 Å². The summed E-state index contributed by atoms with van der Waals surface area (Å²) in [4.78, 5) is 27.6. The third-order valence-electron chi connectivity index (χ3n) is 3.33. The minimum absolute atomic E-state index is 0.0371. The zero-order valence-electron chi connectivity index (χ0n) is 11.7. The molecule has 1 aliphatic heterocycles. The first-order valence-corrected chi connectivity index (χ1v) is 6.68. The number of nitrogens with zero attached hydrogens (tertiary/aromatic N) is 3. The number of rotatable bonds is 2. The van der Waals surface area contributed by atoms with Gasteiger partial charge in [0.05, 0.1) is 17.3 Å². The SMILES string of the molecule is CC(C)N1CCCC(=O)N(c2cccc(C#N)c2)C1=O. The minimum Gasteiger partial charge on any atom is -0.322 e. The van der Waals surface area contributed by atoms with Gasteiger partial charge in [0.15, 0.2) is 0 Å². The first-order chi connectivity index (χ1) is 9.54. The lowest BCUT2D eigenvalue weighted by Gasteiger charge is -2.29.